The van der Waals surface area contributed by atoms with E-state index in [1.165, 1.54) is 0 Å². The molecule has 1 rings (SSSR count). The average Bonchev–Trinajstić information content (AvgIpc) is 2.22. The van der Waals surface area contributed by atoms with E-state index < -0.39 is 23.3 Å². The van der Waals surface area contributed by atoms with Crippen molar-refractivity contribution in [2.24, 2.45) is 5.41 Å². The maximum absolute atomic E-state index is 11.7. The first-order valence-corrected chi connectivity index (χ1v) is 6.81. The summed E-state index contributed by atoms with van der Waals surface area (Å²) in [5.41, 5.74) is -1.19. The molecule has 0 unspecified atom stereocenters. The first-order chi connectivity index (χ1) is 7.56. The monoisotopic (exact) mass is 289 g/mol. The van der Waals surface area contributed by atoms with Gasteiger partial charge in [0.2, 0.25) is 0 Å². The van der Waals surface area contributed by atoms with Crippen LogP contribution in [0.5, 0.6) is 0 Å². The van der Waals surface area contributed by atoms with Crippen molar-refractivity contribution in [3.8, 4) is 4.97 Å². The molecule has 0 radical (unpaired) electrons. The molecule has 0 aromatic carbocycles. The van der Waals surface area contributed by atoms with E-state index in [2.05, 4.69) is 10.6 Å². The van der Waals surface area contributed by atoms with E-state index in [1.807, 2.05) is 4.97 Å². The van der Waals surface area contributed by atoms with Crippen LogP contribution in [0, 0.1) is 15.6 Å². The minimum absolute atomic E-state index is 0.232. The maximum atomic E-state index is 11.7. The molecule has 0 saturated carbocycles. The summed E-state index contributed by atoms with van der Waals surface area (Å²) in [6, 6.07) is -0.773. The van der Waals surface area contributed by atoms with Gasteiger partial charge in [0, 0.05) is 0 Å². The summed E-state index contributed by atoms with van der Waals surface area (Å²) in [5, 5.41) is 13.2. The fourth-order valence-corrected chi connectivity index (χ4v) is 2.71. The molecule has 86 valence electrons. The summed E-state index contributed by atoms with van der Waals surface area (Å²) >= 11 is -0.232. The molecular formula is C9H11N3O3Se. The van der Waals surface area contributed by atoms with Crippen LogP contribution in [-0.2, 0) is 9.59 Å². The van der Waals surface area contributed by atoms with Crippen LogP contribution in [-0.4, -0.2) is 32.8 Å². The number of barbiturate groups is 1. The molecule has 2 N–H and O–H groups in total. The van der Waals surface area contributed by atoms with E-state index in [9.17, 15) is 14.4 Å². The third kappa shape index (κ3) is 2.23. The van der Waals surface area contributed by atoms with Crippen molar-refractivity contribution in [3.05, 3.63) is 0 Å². The van der Waals surface area contributed by atoms with E-state index in [1.54, 1.807) is 6.92 Å². The summed E-state index contributed by atoms with van der Waals surface area (Å²) in [7, 11) is 0. The van der Waals surface area contributed by atoms with Crippen molar-refractivity contribution in [2.45, 2.75) is 25.1 Å². The molecule has 16 heavy (non-hydrogen) atoms. The minimum atomic E-state index is -1.19. The molecule has 6 nitrogen and oxygen atoms in total. The Kier molecular flexibility index (Phi) is 4.05. The van der Waals surface area contributed by atoms with E-state index in [0.29, 0.717) is 18.2 Å². The molecule has 1 fully saturated rings. The van der Waals surface area contributed by atoms with Gasteiger partial charge in [-0.3, -0.25) is 0 Å². The van der Waals surface area contributed by atoms with Gasteiger partial charge in [-0.2, -0.15) is 0 Å². The van der Waals surface area contributed by atoms with Gasteiger partial charge in [0.05, 0.1) is 0 Å². The second kappa shape index (κ2) is 5.10. The third-order valence-electron chi connectivity index (χ3n) is 2.62. The third-order valence-corrected chi connectivity index (χ3v) is 3.75. The quantitative estimate of drug-likeness (QED) is 0.423. The fraction of sp³-hybridized carbons (Fsp3) is 0.556. The van der Waals surface area contributed by atoms with Gasteiger partial charge >= 0.3 is 98.5 Å². The van der Waals surface area contributed by atoms with Crippen molar-refractivity contribution in [1.82, 2.24) is 10.6 Å². The van der Waals surface area contributed by atoms with Crippen LogP contribution < -0.4 is 10.6 Å². The predicted molar refractivity (Wildman–Crippen MR) is 55.2 cm³/mol. The van der Waals surface area contributed by atoms with E-state index in [0.717, 1.165) is 0 Å². The first kappa shape index (κ1) is 12.7. The van der Waals surface area contributed by atoms with Crippen molar-refractivity contribution < 1.29 is 14.4 Å². The Morgan fingerprint density at radius 3 is 2.31 bits per heavy atom. The Morgan fingerprint density at radius 1 is 1.31 bits per heavy atom. The summed E-state index contributed by atoms with van der Waals surface area (Å²) < 4.78 is 0. The molecule has 7 heteroatoms. The van der Waals surface area contributed by atoms with E-state index in [-0.39, 0.29) is 15.0 Å². The first-order valence-electron chi connectivity index (χ1n) is 4.74. The number of nitrogens with one attached hydrogen (secondary N) is 2. The number of hydrogen-bond acceptors (Lipinski definition) is 4. The Balaban J connectivity index is 2.84. The number of urea groups is 1. The van der Waals surface area contributed by atoms with Crippen molar-refractivity contribution in [1.29, 1.82) is 5.26 Å². The van der Waals surface area contributed by atoms with E-state index >= 15 is 0 Å². The van der Waals surface area contributed by atoms with Crippen LogP contribution in [0.2, 0.25) is 5.32 Å². The van der Waals surface area contributed by atoms with Crippen LogP contribution in [0.3, 0.4) is 0 Å². The van der Waals surface area contributed by atoms with Crippen molar-refractivity contribution >= 4 is 32.8 Å². The van der Waals surface area contributed by atoms with Gasteiger partial charge in [-0.15, -0.1) is 0 Å². The zero-order chi connectivity index (χ0) is 12.2. The number of carbonyl (C=O) groups excluding carboxylic acids is 3. The van der Waals surface area contributed by atoms with Crippen molar-refractivity contribution in [2.75, 3.05) is 0 Å². The molecule has 1 aliphatic rings. The van der Waals surface area contributed by atoms with Gasteiger partial charge in [0.15, 0.2) is 0 Å². The molecule has 0 aromatic heterocycles. The number of carbonyl (C=O) groups is 3. The van der Waals surface area contributed by atoms with Crippen LogP contribution in [0.1, 0.15) is 19.8 Å². The zero-order valence-corrected chi connectivity index (χ0v) is 10.4. The fourth-order valence-electron chi connectivity index (χ4n) is 1.58. The summed E-state index contributed by atoms with van der Waals surface area (Å²) in [6.45, 7) is 1.72. The topological polar surface area (TPSA) is 99.1 Å². The Hall–Kier alpha value is -1.38. The van der Waals surface area contributed by atoms with Crippen LogP contribution in [0.15, 0.2) is 0 Å². The van der Waals surface area contributed by atoms with Crippen LogP contribution >= 0.6 is 0 Å². The van der Waals surface area contributed by atoms with Crippen LogP contribution in [0.4, 0.5) is 4.79 Å². The number of nitriles is 1. The summed E-state index contributed by atoms with van der Waals surface area (Å²) in [5.74, 6) is -1.12. The summed E-state index contributed by atoms with van der Waals surface area (Å²) in [6.07, 6.45) is 0.626. The van der Waals surface area contributed by atoms with Gasteiger partial charge in [0.1, 0.15) is 0 Å². The van der Waals surface area contributed by atoms with Gasteiger partial charge < -0.3 is 0 Å². The number of hydrogen-bond donors (Lipinski definition) is 2. The second-order valence-corrected chi connectivity index (χ2v) is 5.21. The number of imide groups is 2. The van der Waals surface area contributed by atoms with Gasteiger partial charge in [-0.25, -0.2) is 0 Å². The standard InChI is InChI=1S/C9H11N3O3Se/c1-2-9(3-4-16-5-10)6(13)11-8(15)12-7(9)14/h2-4H2,1H3,(H2,11,12,13,14,15). The summed E-state index contributed by atoms with van der Waals surface area (Å²) in [4.78, 5) is 36.3. The van der Waals surface area contributed by atoms with E-state index in [4.69, 9.17) is 5.26 Å². The van der Waals surface area contributed by atoms with Gasteiger partial charge in [0.25, 0.3) is 0 Å². The van der Waals surface area contributed by atoms with Gasteiger partial charge in [-0.1, -0.05) is 0 Å². The number of amides is 4. The van der Waals surface area contributed by atoms with Crippen LogP contribution in [0.25, 0.3) is 0 Å². The molecule has 4 amide bonds. The molecule has 1 aliphatic heterocycles. The van der Waals surface area contributed by atoms with Crippen molar-refractivity contribution in [3.63, 3.8) is 0 Å². The second-order valence-electron chi connectivity index (χ2n) is 3.36. The average molecular weight is 288 g/mol. The Morgan fingerprint density at radius 2 is 1.88 bits per heavy atom. The molecular weight excluding hydrogens is 277 g/mol. The molecule has 1 heterocycles. The predicted octanol–water partition coefficient (Wildman–Crippen LogP) is -0.258. The molecule has 0 spiro atoms. The molecule has 1 saturated heterocycles. The normalized spacial score (nSPS) is 18.6. The molecule has 0 bridgehead atoms. The van der Waals surface area contributed by atoms with Gasteiger partial charge in [-0.05, 0) is 0 Å². The molecule has 0 aliphatic carbocycles. The molecule has 0 aromatic rings. The SMILES string of the molecule is CCC1(CC[Se]C#N)C(=O)NC(=O)NC1=O. The zero-order valence-electron chi connectivity index (χ0n) is 8.70. The Bertz CT molecular complexity index is 355. The number of nitrogens with zero attached hydrogens (tertiary/aromatic N) is 1. The number of rotatable bonds is 4. The Labute approximate surface area is 98.9 Å². The molecule has 0 atom stereocenters.